The van der Waals surface area contributed by atoms with Crippen LogP contribution >= 0.6 is 0 Å². The highest BCUT2D eigenvalue weighted by Crippen LogP contribution is 2.22. The second-order valence-corrected chi connectivity index (χ2v) is 6.07. The van der Waals surface area contributed by atoms with Gasteiger partial charge < -0.3 is 10.3 Å². The minimum atomic E-state index is -3.15. The molecule has 96 valence electrons. The van der Waals surface area contributed by atoms with E-state index >= 15 is 0 Å². The summed E-state index contributed by atoms with van der Waals surface area (Å²) >= 11 is 0. The quantitative estimate of drug-likeness (QED) is 0.871. The molecular formula is C12H15N3O2S. The van der Waals surface area contributed by atoms with E-state index in [0.717, 1.165) is 17.0 Å². The number of imidazole rings is 1. The fourth-order valence-corrected chi connectivity index (χ4v) is 2.37. The van der Waals surface area contributed by atoms with E-state index in [4.69, 9.17) is 0 Å². The number of H-pyrrole nitrogens is 1. The minimum Gasteiger partial charge on any atom is -0.347 e. The highest BCUT2D eigenvalue weighted by atomic mass is 32.2. The lowest BCUT2D eigenvalue weighted by Gasteiger charge is -2.03. The highest BCUT2D eigenvalue weighted by Gasteiger charge is 2.10. The van der Waals surface area contributed by atoms with Crippen LogP contribution in [0.25, 0.3) is 11.3 Å². The van der Waals surface area contributed by atoms with Crippen molar-refractivity contribution in [1.29, 1.82) is 0 Å². The van der Waals surface area contributed by atoms with Gasteiger partial charge in [0.25, 0.3) is 0 Å². The van der Waals surface area contributed by atoms with Gasteiger partial charge in [-0.05, 0) is 19.2 Å². The van der Waals surface area contributed by atoms with Crippen molar-refractivity contribution in [3.05, 3.63) is 36.3 Å². The molecule has 0 spiro atoms. The number of rotatable bonds is 4. The Labute approximate surface area is 106 Å². The van der Waals surface area contributed by atoms with Crippen molar-refractivity contribution in [3.8, 4) is 11.3 Å². The van der Waals surface area contributed by atoms with Gasteiger partial charge in [-0.25, -0.2) is 13.4 Å². The molecule has 0 aliphatic heterocycles. The standard InChI is InChI=1S/C12H15N3O2S/c1-13-7-11-12(15-8-14-11)9-3-5-10(6-4-9)18(2,16)17/h3-6,8,13H,7H2,1-2H3,(H,14,15). The first kappa shape index (κ1) is 12.8. The molecule has 0 aliphatic rings. The fourth-order valence-electron chi connectivity index (χ4n) is 1.74. The molecule has 18 heavy (non-hydrogen) atoms. The maximum absolute atomic E-state index is 11.4. The third-order valence-electron chi connectivity index (χ3n) is 2.63. The predicted octanol–water partition coefficient (Wildman–Crippen LogP) is 1.20. The van der Waals surface area contributed by atoms with E-state index in [-0.39, 0.29) is 0 Å². The first-order valence-corrected chi connectivity index (χ1v) is 7.39. The summed E-state index contributed by atoms with van der Waals surface area (Å²) < 4.78 is 22.7. The SMILES string of the molecule is CNCc1[nH]cnc1-c1ccc(S(C)(=O)=O)cc1. The van der Waals surface area contributed by atoms with E-state index in [1.165, 1.54) is 6.26 Å². The van der Waals surface area contributed by atoms with Gasteiger partial charge >= 0.3 is 0 Å². The topological polar surface area (TPSA) is 74.8 Å². The smallest absolute Gasteiger partial charge is 0.175 e. The van der Waals surface area contributed by atoms with Gasteiger partial charge in [-0.2, -0.15) is 0 Å². The van der Waals surface area contributed by atoms with Crippen molar-refractivity contribution in [2.24, 2.45) is 0 Å². The van der Waals surface area contributed by atoms with Crippen molar-refractivity contribution < 1.29 is 8.42 Å². The first-order valence-electron chi connectivity index (χ1n) is 5.49. The van der Waals surface area contributed by atoms with Gasteiger partial charge in [0.05, 0.1) is 22.6 Å². The molecule has 1 aromatic heterocycles. The van der Waals surface area contributed by atoms with E-state index in [9.17, 15) is 8.42 Å². The molecule has 0 aliphatic carbocycles. The fraction of sp³-hybridized carbons (Fsp3) is 0.250. The van der Waals surface area contributed by atoms with Crippen LogP contribution in [0.15, 0.2) is 35.5 Å². The number of hydrogen-bond acceptors (Lipinski definition) is 4. The maximum atomic E-state index is 11.4. The van der Waals surface area contributed by atoms with E-state index < -0.39 is 9.84 Å². The van der Waals surface area contributed by atoms with Crippen molar-refractivity contribution in [2.45, 2.75) is 11.4 Å². The summed E-state index contributed by atoms with van der Waals surface area (Å²) in [5.41, 5.74) is 2.71. The molecule has 0 saturated carbocycles. The van der Waals surface area contributed by atoms with Gasteiger partial charge in [-0.15, -0.1) is 0 Å². The van der Waals surface area contributed by atoms with Crippen LogP contribution < -0.4 is 5.32 Å². The zero-order chi connectivity index (χ0) is 13.2. The van der Waals surface area contributed by atoms with Crippen molar-refractivity contribution >= 4 is 9.84 Å². The lowest BCUT2D eigenvalue weighted by Crippen LogP contribution is -2.06. The van der Waals surface area contributed by atoms with E-state index in [0.29, 0.717) is 11.4 Å². The zero-order valence-corrected chi connectivity index (χ0v) is 11.1. The normalized spacial score (nSPS) is 11.7. The number of nitrogens with zero attached hydrogens (tertiary/aromatic N) is 1. The lowest BCUT2D eigenvalue weighted by atomic mass is 10.1. The molecule has 1 aromatic carbocycles. The molecule has 0 radical (unpaired) electrons. The summed E-state index contributed by atoms with van der Waals surface area (Å²) in [6, 6.07) is 6.74. The molecule has 0 saturated heterocycles. The number of aromatic nitrogens is 2. The Kier molecular flexibility index (Phi) is 3.49. The molecule has 0 unspecified atom stereocenters. The Morgan fingerprint density at radius 3 is 2.50 bits per heavy atom. The molecule has 5 nitrogen and oxygen atoms in total. The van der Waals surface area contributed by atoms with E-state index in [2.05, 4.69) is 15.3 Å². The van der Waals surface area contributed by atoms with E-state index in [1.807, 2.05) is 7.05 Å². The van der Waals surface area contributed by atoms with Gasteiger partial charge in [0, 0.05) is 18.4 Å². The molecule has 0 atom stereocenters. The average Bonchev–Trinajstić information content (AvgIpc) is 2.77. The largest absolute Gasteiger partial charge is 0.347 e. The Bertz CT molecular complexity index is 630. The number of hydrogen-bond donors (Lipinski definition) is 2. The first-order chi connectivity index (χ1) is 8.52. The number of aromatic amines is 1. The molecule has 0 bridgehead atoms. The van der Waals surface area contributed by atoms with Gasteiger partial charge in [0.15, 0.2) is 9.84 Å². The van der Waals surface area contributed by atoms with Crippen molar-refractivity contribution in [3.63, 3.8) is 0 Å². The third-order valence-corrected chi connectivity index (χ3v) is 3.76. The third kappa shape index (κ3) is 2.60. The van der Waals surface area contributed by atoms with Crippen LogP contribution in [0.3, 0.4) is 0 Å². The molecule has 1 heterocycles. The zero-order valence-electron chi connectivity index (χ0n) is 10.3. The van der Waals surface area contributed by atoms with Gasteiger partial charge in [0.2, 0.25) is 0 Å². The molecule has 0 amide bonds. The Morgan fingerprint density at radius 1 is 1.28 bits per heavy atom. The van der Waals surface area contributed by atoms with Crippen molar-refractivity contribution in [2.75, 3.05) is 13.3 Å². The summed E-state index contributed by atoms with van der Waals surface area (Å²) in [5.74, 6) is 0. The number of nitrogens with one attached hydrogen (secondary N) is 2. The van der Waals surface area contributed by atoms with Crippen LogP contribution in [0.2, 0.25) is 0 Å². The van der Waals surface area contributed by atoms with Crippen LogP contribution in [0, 0.1) is 0 Å². The van der Waals surface area contributed by atoms with Gasteiger partial charge in [0.1, 0.15) is 0 Å². The summed E-state index contributed by atoms with van der Waals surface area (Å²) in [7, 11) is -1.29. The molecular weight excluding hydrogens is 250 g/mol. The van der Waals surface area contributed by atoms with Crippen LogP contribution in [-0.2, 0) is 16.4 Å². The Hall–Kier alpha value is -1.66. The van der Waals surface area contributed by atoms with E-state index in [1.54, 1.807) is 30.6 Å². The average molecular weight is 265 g/mol. The van der Waals surface area contributed by atoms with Crippen LogP contribution in [0.1, 0.15) is 5.69 Å². The van der Waals surface area contributed by atoms with Gasteiger partial charge in [-0.1, -0.05) is 12.1 Å². The highest BCUT2D eigenvalue weighted by molar-refractivity contribution is 7.90. The predicted molar refractivity (Wildman–Crippen MR) is 69.9 cm³/mol. The second-order valence-electron chi connectivity index (χ2n) is 4.06. The molecule has 2 N–H and O–H groups in total. The van der Waals surface area contributed by atoms with Crippen LogP contribution in [0.4, 0.5) is 0 Å². The van der Waals surface area contributed by atoms with Crippen LogP contribution in [-0.4, -0.2) is 31.7 Å². The number of sulfone groups is 1. The second kappa shape index (κ2) is 4.91. The maximum Gasteiger partial charge on any atom is 0.175 e. The summed E-state index contributed by atoms with van der Waals surface area (Å²) in [4.78, 5) is 7.63. The minimum absolute atomic E-state index is 0.317. The van der Waals surface area contributed by atoms with Crippen LogP contribution in [0.5, 0.6) is 0 Å². The molecule has 6 heteroatoms. The van der Waals surface area contributed by atoms with Gasteiger partial charge in [-0.3, -0.25) is 0 Å². The number of benzene rings is 1. The molecule has 2 aromatic rings. The summed E-state index contributed by atoms with van der Waals surface area (Å²) in [5, 5.41) is 3.05. The molecule has 2 rings (SSSR count). The lowest BCUT2D eigenvalue weighted by molar-refractivity contribution is 0.602. The molecule has 0 fully saturated rings. The Morgan fingerprint density at radius 2 is 1.94 bits per heavy atom. The summed E-state index contributed by atoms with van der Waals surface area (Å²) in [6.45, 7) is 0.684. The van der Waals surface area contributed by atoms with Crippen molar-refractivity contribution in [1.82, 2.24) is 15.3 Å². The summed E-state index contributed by atoms with van der Waals surface area (Å²) in [6.07, 6.45) is 2.83. The Balaban J connectivity index is 2.37. The monoisotopic (exact) mass is 265 g/mol.